The summed E-state index contributed by atoms with van der Waals surface area (Å²) in [5, 5.41) is 9.88. The summed E-state index contributed by atoms with van der Waals surface area (Å²) in [7, 11) is 3.51. The van der Waals surface area contributed by atoms with Gasteiger partial charge in [0.1, 0.15) is 11.6 Å². The number of aliphatic hydroxyl groups excluding tert-OH is 1. The van der Waals surface area contributed by atoms with Crippen LogP contribution in [0, 0.1) is 12.7 Å². The van der Waals surface area contributed by atoms with Crippen molar-refractivity contribution in [2.45, 2.75) is 20.0 Å². The van der Waals surface area contributed by atoms with Crippen LogP contribution in [0.25, 0.3) is 0 Å². The Bertz CT molecular complexity index is 623. The summed E-state index contributed by atoms with van der Waals surface area (Å²) in [6.45, 7) is 3.35. The van der Waals surface area contributed by atoms with Crippen molar-refractivity contribution in [2.24, 2.45) is 0 Å². The summed E-state index contributed by atoms with van der Waals surface area (Å²) in [5.41, 5.74) is 2.84. The number of anilines is 2. The van der Waals surface area contributed by atoms with Gasteiger partial charge in [0, 0.05) is 24.0 Å². The molecule has 3 nitrogen and oxygen atoms in total. The molecular formula is C17H20FNO2. The van der Waals surface area contributed by atoms with Gasteiger partial charge in [0.05, 0.1) is 13.2 Å². The third kappa shape index (κ3) is 3.16. The van der Waals surface area contributed by atoms with Crippen LogP contribution in [0.1, 0.15) is 24.2 Å². The number of aryl methyl sites for hydroxylation is 1. The molecule has 0 saturated heterocycles. The van der Waals surface area contributed by atoms with Crippen molar-refractivity contribution in [3.63, 3.8) is 0 Å². The van der Waals surface area contributed by atoms with Crippen LogP contribution in [0.4, 0.5) is 15.8 Å². The van der Waals surface area contributed by atoms with Gasteiger partial charge >= 0.3 is 0 Å². The standard InChI is InChI=1S/C17H20FNO2/c1-11-9-17(15(12(2)20)10-16(11)18)19(3)13-5-7-14(21-4)8-6-13/h5-10,12,20H,1-4H3. The van der Waals surface area contributed by atoms with E-state index >= 15 is 0 Å². The Labute approximate surface area is 124 Å². The number of hydrogen-bond acceptors (Lipinski definition) is 3. The average Bonchev–Trinajstić information content (AvgIpc) is 2.48. The van der Waals surface area contributed by atoms with E-state index in [0.29, 0.717) is 11.1 Å². The van der Waals surface area contributed by atoms with Gasteiger partial charge in [-0.25, -0.2) is 4.39 Å². The van der Waals surface area contributed by atoms with E-state index in [-0.39, 0.29) is 5.82 Å². The largest absolute Gasteiger partial charge is 0.497 e. The van der Waals surface area contributed by atoms with Crippen molar-refractivity contribution < 1.29 is 14.2 Å². The Hall–Kier alpha value is -2.07. The van der Waals surface area contributed by atoms with Crippen molar-refractivity contribution in [1.82, 2.24) is 0 Å². The highest BCUT2D eigenvalue weighted by Gasteiger charge is 2.16. The Balaban J connectivity index is 2.45. The molecule has 0 aliphatic rings. The molecule has 0 amide bonds. The van der Waals surface area contributed by atoms with Gasteiger partial charge in [-0.2, -0.15) is 0 Å². The van der Waals surface area contributed by atoms with Crippen molar-refractivity contribution in [1.29, 1.82) is 0 Å². The lowest BCUT2D eigenvalue weighted by Gasteiger charge is -2.24. The molecule has 0 heterocycles. The molecule has 4 heteroatoms. The van der Waals surface area contributed by atoms with Crippen LogP contribution in [-0.4, -0.2) is 19.3 Å². The number of methoxy groups -OCH3 is 1. The van der Waals surface area contributed by atoms with E-state index in [9.17, 15) is 9.50 Å². The molecule has 21 heavy (non-hydrogen) atoms. The molecule has 2 aromatic rings. The molecule has 112 valence electrons. The van der Waals surface area contributed by atoms with Gasteiger partial charge < -0.3 is 14.7 Å². The summed E-state index contributed by atoms with van der Waals surface area (Å²) >= 11 is 0. The number of rotatable bonds is 4. The number of ether oxygens (including phenoxy) is 1. The Morgan fingerprint density at radius 3 is 2.33 bits per heavy atom. The van der Waals surface area contributed by atoms with Crippen molar-refractivity contribution in [3.05, 3.63) is 53.3 Å². The Morgan fingerprint density at radius 1 is 1.19 bits per heavy atom. The lowest BCUT2D eigenvalue weighted by molar-refractivity contribution is 0.199. The molecule has 0 aliphatic heterocycles. The van der Waals surface area contributed by atoms with E-state index in [1.165, 1.54) is 6.07 Å². The van der Waals surface area contributed by atoms with Gasteiger partial charge in [0.2, 0.25) is 0 Å². The second-order valence-electron chi connectivity index (χ2n) is 5.09. The van der Waals surface area contributed by atoms with Crippen LogP contribution in [0.3, 0.4) is 0 Å². The fourth-order valence-corrected chi connectivity index (χ4v) is 2.25. The van der Waals surface area contributed by atoms with Crippen LogP contribution in [-0.2, 0) is 0 Å². The van der Waals surface area contributed by atoms with Crippen LogP contribution in [0.2, 0.25) is 0 Å². The normalized spacial score (nSPS) is 12.1. The maximum atomic E-state index is 13.7. The van der Waals surface area contributed by atoms with Crippen LogP contribution < -0.4 is 9.64 Å². The van der Waals surface area contributed by atoms with Gasteiger partial charge in [0.15, 0.2) is 0 Å². The lowest BCUT2D eigenvalue weighted by atomic mass is 10.0. The predicted octanol–water partition coefficient (Wildman–Crippen LogP) is 3.96. The SMILES string of the molecule is COc1ccc(N(C)c2cc(C)c(F)cc2C(C)O)cc1. The first-order chi connectivity index (χ1) is 9.93. The van der Waals surface area contributed by atoms with Crippen LogP contribution in [0.5, 0.6) is 5.75 Å². The molecule has 0 saturated carbocycles. The Kier molecular flexibility index (Phi) is 4.48. The first kappa shape index (κ1) is 15.3. The summed E-state index contributed by atoms with van der Waals surface area (Å²) in [6.07, 6.45) is -0.740. The Morgan fingerprint density at radius 2 is 1.81 bits per heavy atom. The molecule has 0 aliphatic carbocycles. The van der Waals surface area contributed by atoms with E-state index in [4.69, 9.17) is 4.74 Å². The van der Waals surface area contributed by atoms with Gasteiger partial charge in [-0.15, -0.1) is 0 Å². The van der Waals surface area contributed by atoms with Crippen molar-refractivity contribution in [3.8, 4) is 5.75 Å². The van der Waals surface area contributed by atoms with E-state index in [1.54, 1.807) is 27.0 Å². The van der Waals surface area contributed by atoms with Crippen molar-refractivity contribution in [2.75, 3.05) is 19.1 Å². The second-order valence-corrected chi connectivity index (χ2v) is 5.09. The quantitative estimate of drug-likeness (QED) is 0.924. The van der Waals surface area contributed by atoms with Gasteiger partial charge in [-0.1, -0.05) is 0 Å². The minimum absolute atomic E-state index is 0.308. The van der Waals surface area contributed by atoms with Crippen LogP contribution in [0.15, 0.2) is 36.4 Å². The zero-order valence-corrected chi connectivity index (χ0v) is 12.7. The molecule has 0 fully saturated rings. The van der Waals surface area contributed by atoms with E-state index in [1.807, 2.05) is 36.2 Å². The number of nitrogens with zero attached hydrogens (tertiary/aromatic N) is 1. The number of benzene rings is 2. The smallest absolute Gasteiger partial charge is 0.126 e. The molecule has 0 bridgehead atoms. The summed E-state index contributed by atoms with van der Waals surface area (Å²) < 4.78 is 18.9. The molecule has 0 spiro atoms. The number of hydrogen-bond donors (Lipinski definition) is 1. The fraction of sp³-hybridized carbons (Fsp3) is 0.294. The zero-order valence-electron chi connectivity index (χ0n) is 12.7. The monoisotopic (exact) mass is 289 g/mol. The first-order valence-electron chi connectivity index (χ1n) is 6.80. The maximum absolute atomic E-state index is 13.7. The lowest BCUT2D eigenvalue weighted by Crippen LogP contribution is -2.13. The summed E-state index contributed by atoms with van der Waals surface area (Å²) in [6, 6.07) is 10.7. The van der Waals surface area contributed by atoms with E-state index < -0.39 is 6.10 Å². The maximum Gasteiger partial charge on any atom is 0.126 e. The fourth-order valence-electron chi connectivity index (χ4n) is 2.25. The molecule has 2 rings (SSSR count). The molecule has 1 unspecified atom stereocenters. The summed E-state index contributed by atoms with van der Waals surface area (Å²) in [5.74, 6) is 0.468. The van der Waals surface area contributed by atoms with E-state index in [2.05, 4.69) is 0 Å². The molecule has 1 atom stereocenters. The predicted molar refractivity (Wildman–Crippen MR) is 82.8 cm³/mol. The molecule has 2 aromatic carbocycles. The third-order valence-electron chi connectivity index (χ3n) is 3.58. The molecular weight excluding hydrogens is 269 g/mol. The van der Waals surface area contributed by atoms with E-state index in [0.717, 1.165) is 17.1 Å². The highest BCUT2D eigenvalue weighted by atomic mass is 19.1. The number of aliphatic hydroxyl groups is 1. The number of halogens is 1. The second kappa shape index (κ2) is 6.14. The molecule has 1 N–H and O–H groups in total. The summed E-state index contributed by atoms with van der Waals surface area (Å²) in [4.78, 5) is 1.92. The average molecular weight is 289 g/mol. The zero-order chi connectivity index (χ0) is 15.6. The molecule has 0 aromatic heterocycles. The minimum Gasteiger partial charge on any atom is -0.497 e. The third-order valence-corrected chi connectivity index (χ3v) is 3.58. The highest BCUT2D eigenvalue weighted by molar-refractivity contribution is 5.67. The first-order valence-corrected chi connectivity index (χ1v) is 6.80. The van der Waals surface area contributed by atoms with Gasteiger partial charge in [0.25, 0.3) is 0 Å². The van der Waals surface area contributed by atoms with Crippen molar-refractivity contribution >= 4 is 11.4 Å². The van der Waals surface area contributed by atoms with Crippen LogP contribution >= 0.6 is 0 Å². The highest BCUT2D eigenvalue weighted by Crippen LogP contribution is 2.33. The van der Waals surface area contributed by atoms with Gasteiger partial charge in [-0.3, -0.25) is 0 Å². The van der Waals surface area contributed by atoms with Gasteiger partial charge in [-0.05, 0) is 55.8 Å². The molecule has 0 radical (unpaired) electrons. The minimum atomic E-state index is -0.740. The topological polar surface area (TPSA) is 32.7 Å².